The summed E-state index contributed by atoms with van der Waals surface area (Å²) in [7, 11) is 1.78. The number of aliphatic hydroxyl groups excluding tert-OH is 1. The lowest BCUT2D eigenvalue weighted by Gasteiger charge is -2.38. The Balaban J connectivity index is 2.33. The van der Waals surface area contributed by atoms with Gasteiger partial charge in [0.1, 0.15) is 0 Å². The van der Waals surface area contributed by atoms with Crippen molar-refractivity contribution >= 4 is 0 Å². The molecule has 0 bridgehead atoms. The number of piperidine rings is 1. The molecule has 1 aliphatic heterocycles. The maximum Gasteiger partial charge on any atom is 0.0623 e. The van der Waals surface area contributed by atoms with Crippen LogP contribution in [0.2, 0.25) is 0 Å². The van der Waals surface area contributed by atoms with Gasteiger partial charge in [0.05, 0.1) is 12.1 Å². The van der Waals surface area contributed by atoms with Crippen LogP contribution in [0.4, 0.5) is 0 Å². The molecule has 0 aromatic carbocycles. The number of rotatable bonds is 7. The summed E-state index contributed by atoms with van der Waals surface area (Å²) in [6, 6.07) is 0. The van der Waals surface area contributed by atoms with Crippen LogP contribution in [0.3, 0.4) is 0 Å². The van der Waals surface area contributed by atoms with Crippen LogP contribution in [0.25, 0.3) is 0 Å². The number of likely N-dealkylation sites (N-methyl/N-ethyl adjacent to an activating group) is 1. The molecule has 1 saturated heterocycles. The molecule has 0 saturated carbocycles. The molecule has 4 nitrogen and oxygen atoms in total. The first-order chi connectivity index (χ1) is 8.13. The normalized spacial score (nSPS) is 22.6. The zero-order chi connectivity index (χ0) is 12.7. The molecule has 0 spiro atoms. The highest BCUT2D eigenvalue weighted by atomic mass is 16.5. The molecule has 4 heteroatoms. The highest BCUT2D eigenvalue weighted by Crippen LogP contribution is 2.19. The van der Waals surface area contributed by atoms with E-state index < -0.39 is 0 Å². The molecule has 1 rings (SSSR count). The lowest BCUT2D eigenvalue weighted by Crippen LogP contribution is -2.55. The van der Waals surface area contributed by atoms with Crippen molar-refractivity contribution in [1.29, 1.82) is 0 Å². The average molecular weight is 244 g/mol. The van der Waals surface area contributed by atoms with Crippen molar-refractivity contribution in [3.05, 3.63) is 0 Å². The Morgan fingerprint density at radius 3 is 2.53 bits per heavy atom. The Morgan fingerprint density at radius 1 is 1.41 bits per heavy atom. The zero-order valence-electron chi connectivity index (χ0n) is 11.5. The lowest BCUT2D eigenvalue weighted by atomic mass is 9.95. The Kier molecular flexibility index (Phi) is 6.41. The largest absolute Gasteiger partial charge is 0.394 e. The number of hydrogen-bond donors (Lipinski definition) is 2. The van der Waals surface area contributed by atoms with Crippen LogP contribution in [0.15, 0.2) is 0 Å². The smallest absolute Gasteiger partial charge is 0.0623 e. The van der Waals surface area contributed by atoms with Gasteiger partial charge in [-0.2, -0.15) is 0 Å². The SMILES string of the molecule is CCNC(C)(CO)CN1CCC(COC)CC1. The first kappa shape index (κ1) is 14.9. The lowest BCUT2D eigenvalue weighted by molar-refractivity contribution is 0.0708. The molecule has 0 aliphatic carbocycles. The van der Waals surface area contributed by atoms with Crippen LogP contribution in [0, 0.1) is 5.92 Å². The third-order valence-electron chi connectivity index (χ3n) is 3.63. The van der Waals surface area contributed by atoms with Crippen LogP contribution in [-0.4, -0.2) is 62.0 Å². The summed E-state index contributed by atoms with van der Waals surface area (Å²) < 4.78 is 5.21. The van der Waals surface area contributed by atoms with E-state index in [4.69, 9.17) is 4.74 Å². The molecule has 17 heavy (non-hydrogen) atoms. The van der Waals surface area contributed by atoms with E-state index in [1.807, 2.05) is 0 Å². The predicted molar refractivity (Wildman–Crippen MR) is 70.2 cm³/mol. The number of nitrogens with zero attached hydrogens (tertiary/aromatic N) is 1. The van der Waals surface area contributed by atoms with E-state index in [1.165, 1.54) is 12.8 Å². The van der Waals surface area contributed by atoms with Crippen LogP contribution < -0.4 is 5.32 Å². The van der Waals surface area contributed by atoms with Crippen molar-refractivity contribution in [1.82, 2.24) is 10.2 Å². The van der Waals surface area contributed by atoms with E-state index in [0.717, 1.165) is 38.7 Å². The third-order valence-corrected chi connectivity index (χ3v) is 3.63. The molecule has 1 aliphatic rings. The van der Waals surface area contributed by atoms with E-state index in [2.05, 4.69) is 24.1 Å². The molecule has 1 atom stereocenters. The summed E-state index contributed by atoms with van der Waals surface area (Å²) in [6.07, 6.45) is 2.42. The number of methoxy groups -OCH3 is 1. The van der Waals surface area contributed by atoms with Gasteiger partial charge >= 0.3 is 0 Å². The number of ether oxygens (including phenoxy) is 1. The van der Waals surface area contributed by atoms with Crippen molar-refractivity contribution in [2.45, 2.75) is 32.2 Å². The summed E-state index contributed by atoms with van der Waals surface area (Å²) in [5.41, 5.74) is -0.164. The molecular formula is C13H28N2O2. The van der Waals surface area contributed by atoms with Gasteiger partial charge in [-0.25, -0.2) is 0 Å². The van der Waals surface area contributed by atoms with Crippen molar-refractivity contribution in [3.63, 3.8) is 0 Å². The number of aliphatic hydroxyl groups is 1. The number of likely N-dealkylation sites (tertiary alicyclic amines) is 1. The molecule has 0 amide bonds. The standard InChI is InChI=1S/C13H28N2O2/c1-4-14-13(2,11-16)10-15-7-5-12(6-8-15)9-17-3/h12,14,16H,4-11H2,1-3H3. The van der Waals surface area contributed by atoms with Crippen LogP contribution >= 0.6 is 0 Å². The number of nitrogens with one attached hydrogen (secondary N) is 1. The number of hydrogen-bond acceptors (Lipinski definition) is 4. The average Bonchev–Trinajstić information content (AvgIpc) is 2.32. The highest BCUT2D eigenvalue weighted by Gasteiger charge is 2.27. The van der Waals surface area contributed by atoms with E-state index >= 15 is 0 Å². The topological polar surface area (TPSA) is 44.7 Å². The molecule has 0 aromatic rings. The van der Waals surface area contributed by atoms with Gasteiger partial charge in [0.25, 0.3) is 0 Å². The van der Waals surface area contributed by atoms with Gasteiger partial charge in [0, 0.05) is 20.3 Å². The first-order valence-electron chi connectivity index (χ1n) is 6.70. The van der Waals surface area contributed by atoms with E-state index in [-0.39, 0.29) is 12.1 Å². The van der Waals surface area contributed by atoms with E-state index in [1.54, 1.807) is 7.11 Å². The van der Waals surface area contributed by atoms with Crippen LogP contribution in [0.1, 0.15) is 26.7 Å². The molecule has 1 fully saturated rings. The molecule has 1 heterocycles. The second-order valence-corrected chi connectivity index (χ2v) is 5.42. The fourth-order valence-electron chi connectivity index (χ4n) is 2.63. The van der Waals surface area contributed by atoms with Gasteiger partial charge in [-0.05, 0) is 45.3 Å². The molecular weight excluding hydrogens is 216 g/mol. The molecule has 0 aromatic heterocycles. The van der Waals surface area contributed by atoms with E-state index in [0.29, 0.717) is 0 Å². The van der Waals surface area contributed by atoms with Crippen molar-refractivity contribution in [3.8, 4) is 0 Å². The molecule has 2 N–H and O–H groups in total. The summed E-state index contributed by atoms with van der Waals surface area (Å²) in [4.78, 5) is 2.45. The summed E-state index contributed by atoms with van der Waals surface area (Å²) in [5.74, 6) is 0.718. The fourth-order valence-corrected chi connectivity index (χ4v) is 2.63. The second-order valence-electron chi connectivity index (χ2n) is 5.42. The Morgan fingerprint density at radius 2 is 2.06 bits per heavy atom. The Hall–Kier alpha value is -0.160. The van der Waals surface area contributed by atoms with Gasteiger partial charge in [0.2, 0.25) is 0 Å². The van der Waals surface area contributed by atoms with Gasteiger partial charge in [-0.1, -0.05) is 6.92 Å². The predicted octanol–water partition coefficient (Wildman–Crippen LogP) is 0.705. The Bertz CT molecular complexity index is 206. The third kappa shape index (κ3) is 4.92. The summed E-state index contributed by atoms with van der Waals surface area (Å²) in [5, 5.41) is 12.9. The fraction of sp³-hybridized carbons (Fsp3) is 1.00. The minimum atomic E-state index is -0.164. The molecule has 0 radical (unpaired) electrons. The monoisotopic (exact) mass is 244 g/mol. The van der Waals surface area contributed by atoms with Gasteiger partial charge in [-0.3, -0.25) is 0 Å². The van der Waals surface area contributed by atoms with Gasteiger partial charge < -0.3 is 20.1 Å². The van der Waals surface area contributed by atoms with Gasteiger partial charge in [-0.15, -0.1) is 0 Å². The quantitative estimate of drug-likeness (QED) is 0.692. The van der Waals surface area contributed by atoms with Crippen LogP contribution in [0.5, 0.6) is 0 Å². The molecule has 1 unspecified atom stereocenters. The van der Waals surface area contributed by atoms with Crippen molar-refractivity contribution < 1.29 is 9.84 Å². The second kappa shape index (κ2) is 7.31. The summed E-state index contributed by atoms with van der Waals surface area (Å²) in [6.45, 7) is 9.33. The van der Waals surface area contributed by atoms with Crippen molar-refractivity contribution in [2.24, 2.45) is 5.92 Å². The first-order valence-corrected chi connectivity index (χ1v) is 6.70. The maximum absolute atomic E-state index is 9.47. The maximum atomic E-state index is 9.47. The van der Waals surface area contributed by atoms with E-state index in [9.17, 15) is 5.11 Å². The minimum Gasteiger partial charge on any atom is -0.394 e. The van der Waals surface area contributed by atoms with Gasteiger partial charge in [0.15, 0.2) is 0 Å². The van der Waals surface area contributed by atoms with Crippen LogP contribution in [-0.2, 0) is 4.74 Å². The zero-order valence-corrected chi connectivity index (χ0v) is 11.5. The Labute approximate surface area is 105 Å². The van der Waals surface area contributed by atoms with Crippen molar-refractivity contribution in [2.75, 3.05) is 46.5 Å². The minimum absolute atomic E-state index is 0.164. The highest BCUT2D eigenvalue weighted by molar-refractivity contribution is 4.87. The molecule has 102 valence electrons. The summed E-state index contributed by atoms with van der Waals surface area (Å²) >= 11 is 0.